The molecular formula is C23H29N5O. The van der Waals surface area contributed by atoms with E-state index in [0.29, 0.717) is 17.9 Å². The molecule has 0 bridgehead atoms. The van der Waals surface area contributed by atoms with Crippen molar-refractivity contribution in [1.29, 1.82) is 0 Å². The van der Waals surface area contributed by atoms with Crippen molar-refractivity contribution in [3.8, 4) is 0 Å². The molecule has 6 heteroatoms. The van der Waals surface area contributed by atoms with Crippen LogP contribution in [0.2, 0.25) is 0 Å². The Kier molecular flexibility index (Phi) is 6.20. The SMILES string of the molecule is CCCCN1CCC(N(Cc2ccccc2)C(=O)c2ccc3[nH]cnc3n2)CC1. The number of amides is 1. The Labute approximate surface area is 172 Å². The number of aromatic amines is 1. The van der Waals surface area contributed by atoms with E-state index in [0.717, 1.165) is 43.6 Å². The molecule has 3 aromatic rings. The Balaban J connectivity index is 1.54. The molecular weight excluding hydrogens is 362 g/mol. The van der Waals surface area contributed by atoms with E-state index >= 15 is 0 Å². The van der Waals surface area contributed by atoms with Crippen LogP contribution in [0.5, 0.6) is 0 Å². The number of carbonyl (C=O) groups excluding carboxylic acids is 1. The van der Waals surface area contributed by atoms with Gasteiger partial charge in [0.15, 0.2) is 5.65 Å². The Morgan fingerprint density at radius 1 is 1.17 bits per heavy atom. The minimum atomic E-state index is -0.00855. The van der Waals surface area contributed by atoms with Gasteiger partial charge in [0.25, 0.3) is 5.91 Å². The number of imidazole rings is 1. The highest BCUT2D eigenvalue weighted by Crippen LogP contribution is 2.22. The molecule has 1 saturated heterocycles. The van der Waals surface area contributed by atoms with Gasteiger partial charge in [0.05, 0.1) is 11.8 Å². The number of carbonyl (C=O) groups is 1. The molecule has 1 amide bonds. The van der Waals surface area contributed by atoms with Gasteiger partial charge in [0.2, 0.25) is 0 Å². The van der Waals surface area contributed by atoms with Crippen LogP contribution in [0.1, 0.15) is 48.7 Å². The molecule has 0 spiro atoms. The van der Waals surface area contributed by atoms with Crippen LogP contribution in [-0.2, 0) is 6.54 Å². The summed E-state index contributed by atoms with van der Waals surface area (Å²) in [4.78, 5) is 29.8. The van der Waals surface area contributed by atoms with Crippen LogP contribution in [-0.4, -0.2) is 56.3 Å². The van der Waals surface area contributed by atoms with Gasteiger partial charge in [-0.3, -0.25) is 4.79 Å². The summed E-state index contributed by atoms with van der Waals surface area (Å²) in [6, 6.07) is 14.2. The predicted molar refractivity (Wildman–Crippen MR) is 115 cm³/mol. The smallest absolute Gasteiger partial charge is 0.273 e. The molecule has 0 unspecified atom stereocenters. The van der Waals surface area contributed by atoms with Gasteiger partial charge in [-0.2, -0.15) is 0 Å². The van der Waals surface area contributed by atoms with Gasteiger partial charge >= 0.3 is 0 Å². The highest BCUT2D eigenvalue weighted by atomic mass is 16.2. The number of aromatic nitrogens is 3. The number of rotatable bonds is 7. The van der Waals surface area contributed by atoms with Gasteiger partial charge in [0, 0.05) is 25.7 Å². The molecule has 1 aromatic carbocycles. The highest BCUT2D eigenvalue weighted by molar-refractivity contribution is 5.94. The van der Waals surface area contributed by atoms with E-state index in [1.165, 1.54) is 12.8 Å². The van der Waals surface area contributed by atoms with E-state index in [1.54, 1.807) is 12.4 Å². The molecule has 1 aliphatic rings. The minimum Gasteiger partial charge on any atom is -0.343 e. The van der Waals surface area contributed by atoms with Crippen LogP contribution >= 0.6 is 0 Å². The molecule has 1 aliphatic heterocycles. The second-order valence-electron chi connectivity index (χ2n) is 7.82. The number of pyridine rings is 1. The second-order valence-corrected chi connectivity index (χ2v) is 7.82. The summed E-state index contributed by atoms with van der Waals surface area (Å²) in [7, 11) is 0. The lowest BCUT2D eigenvalue weighted by atomic mass is 10.0. The highest BCUT2D eigenvalue weighted by Gasteiger charge is 2.29. The first-order chi connectivity index (χ1) is 14.2. The van der Waals surface area contributed by atoms with E-state index in [1.807, 2.05) is 29.2 Å². The zero-order valence-electron chi connectivity index (χ0n) is 17.1. The molecule has 3 heterocycles. The second kappa shape index (κ2) is 9.18. The molecule has 152 valence electrons. The lowest BCUT2D eigenvalue weighted by Gasteiger charge is -2.38. The lowest BCUT2D eigenvalue weighted by molar-refractivity contribution is 0.0543. The van der Waals surface area contributed by atoms with E-state index in [9.17, 15) is 4.79 Å². The summed E-state index contributed by atoms with van der Waals surface area (Å²) in [5, 5.41) is 0. The van der Waals surface area contributed by atoms with Gasteiger partial charge in [-0.1, -0.05) is 43.7 Å². The number of unbranched alkanes of at least 4 members (excludes halogenated alkanes) is 1. The molecule has 2 aromatic heterocycles. The van der Waals surface area contributed by atoms with E-state index in [-0.39, 0.29) is 11.9 Å². The maximum absolute atomic E-state index is 13.5. The average Bonchev–Trinajstić information content (AvgIpc) is 3.25. The van der Waals surface area contributed by atoms with Crippen LogP contribution in [0.4, 0.5) is 0 Å². The minimum absolute atomic E-state index is 0.00855. The third-order valence-electron chi connectivity index (χ3n) is 5.78. The summed E-state index contributed by atoms with van der Waals surface area (Å²) in [5.41, 5.74) is 3.05. The van der Waals surface area contributed by atoms with Crippen molar-refractivity contribution in [1.82, 2.24) is 24.8 Å². The number of nitrogens with zero attached hydrogens (tertiary/aromatic N) is 4. The monoisotopic (exact) mass is 391 g/mol. The van der Waals surface area contributed by atoms with Gasteiger partial charge < -0.3 is 14.8 Å². The van der Waals surface area contributed by atoms with E-state index in [2.05, 4.69) is 38.9 Å². The maximum Gasteiger partial charge on any atom is 0.273 e. The molecule has 1 fully saturated rings. The summed E-state index contributed by atoms with van der Waals surface area (Å²) in [6.45, 7) is 6.10. The molecule has 29 heavy (non-hydrogen) atoms. The van der Waals surface area contributed by atoms with Crippen LogP contribution in [0.15, 0.2) is 48.8 Å². The topological polar surface area (TPSA) is 65.1 Å². The summed E-state index contributed by atoms with van der Waals surface area (Å²) in [6.07, 6.45) is 6.09. The first-order valence-electron chi connectivity index (χ1n) is 10.6. The first kappa shape index (κ1) is 19.6. The molecule has 0 atom stereocenters. The van der Waals surface area contributed by atoms with Crippen molar-refractivity contribution in [2.24, 2.45) is 0 Å². The molecule has 1 N–H and O–H groups in total. The van der Waals surface area contributed by atoms with Crippen LogP contribution in [0, 0.1) is 0 Å². The van der Waals surface area contributed by atoms with Crippen LogP contribution in [0.3, 0.4) is 0 Å². The predicted octanol–water partition coefficient (Wildman–Crippen LogP) is 3.86. The van der Waals surface area contributed by atoms with Gasteiger partial charge in [-0.05, 0) is 43.5 Å². The Bertz CT molecular complexity index is 931. The average molecular weight is 392 g/mol. The summed E-state index contributed by atoms with van der Waals surface area (Å²) in [5.74, 6) is -0.00855. The number of piperidine rings is 1. The summed E-state index contributed by atoms with van der Waals surface area (Å²) >= 11 is 0. The number of benzene rings is 1. The van der Waals surface area contributed by atoms with Crippen LogP contribution in [0.25, 0.3) is 11.2 Å². The van der Waals surface area contributed by atoms with Crippen molar-refractivity contribution in [3.63, 3.8) is 0 Å². The number of H-pyrrole nitrogens is 1. The van der Waals surface area contributed by atoms with Crippen molar-refractivity contribution < 1.29 is 4.79 Å². The molecule has 6 nitrogen and oxygen atoms in total. The third kappa shape index (κ3) is 4.65. The fourth-order valence-corrected chi connectivity index (χ4v) is 4.07. The van der Waals surface area contributed by atoms with E-state index in [4.69, 9.17) is 0 Å². The van der Waals surface area contributed by atoms with Crippen molar-refractivity contribution in [2.75, 3.05) is 19.6 Å². The Morgan fingerprint density at radius 2 is 1.97 bits per heavy atom. The number of hydrogen-bond acceptors (Lipinski definition) is 4. The first-order valence-corrected chi connectivity index (χ1v) is 10.6. The number of likely N-dealkylation sites (tertiary alicyclic amines) is 1. The van der Waals surface area contributed by atoms with Crippen molar-refractivity contribution in [3.05, 3.63) is 60.0 Å². The fraction of sp³-hybridized carbons (Fsp3) is 0.435. The molecule has 4 rings (SSSR count). The zero-order valence-corrected chi connectivity index (χ0v) is 17.1. The zero-order chi connectivity index (χ0) is 20.1. The quantitative estimate of drug-likeness (QED) is 0.664. The maximum atomic E-state index is 13.5. The van der Waals surface area contributed by atoms with E-state index < -0.39 is 0 Å². The number of fused-ring (bicyclic) bond motifs is 1. The number of hydrogen-bond donors (Lipinski definition) is 1. The van der Waals surface area contributed by atoms with Gasteiger partial charge in [-0.25, -0.2) is 9.97 Å². The standard InChI is InChI=1S/C23H29N5O/c1-2-3-13-27-14-11-19(12-15-27)28(16-18-7-5-4-6-8-18)23(29)21-10-9-20-22(26-21)25-17-24-20/h4-10,17,19H,2-3,11-16H2,1H3,(H,24,25,26). The van der Waals surface area contributed by atoms with Crippen LogP contribution < -0.4 is 0 Å². The molecule has 0 radical (unpaired) electrons. The third-order valence-corrected chi connectivity index (χ3v) is 5.78. The van der Waals surface area contributed by atoms with Crippen molar-refractivity contribution in [2.45, 2.75) is 45.2 Å². The Hall–Kier alpha value is -2.73. The molecule has 0 aliphatic carbocycles. The largest absolute Gasteiger partial charge is 0.343 e. The lowest BCUT2D eigenvalue weighted by Crippen LogP contribution is -2.47. The van der Waals surface area contributed by atoms with Gasteiger partial charge in [-0.15, -0.1) is 0 Å². The van der Waals surface area contributed by atoms with Crippen molar-refractivity contribution >= 4 is 17.1 Å². The Morgan fingerprint density at radius 3 is 2.72 bits per heavy atom. The normalized spacial score (nSPS) is 15.6. The van der Waals surface area contributed by atoms with Gasteiger partial charge in [0.1, 0.15) is 5.69 Å². The summed E-state index contributed by atoms with van der Waals surface area (Å²) < 4.78 is 0. The molecule has 0 saturated carbocycles. The fourth-order valence-electron chi connectivity index (χ4n) is 4.07. The number of nitrogens with one attached hydrogen (secondary N) is 1.